The van der Waals surface area contributed by atoms with Crippen LogP contribution in [0.25, 0.3) is 44.5 Å². The van der Waals surface area contributed by atoms with E-state index in [-0.39, 0.29) is 42.7 Å². The second kappa shape index (κ2) is 34.5. The first-order valence-corrected chi connectivity index (χ1v) is 28.0. The van der Waals surface area contributed by atoms with Crippen LogP contribution in [0.5, 0.6) is 23.0 Å². The van der Waals surface area contributed by atoms with Gasteiger partial charge in [0.15, 0.2) is 0 Å². The van der Waals surface area contributed by atoms with Crippen molar-refractivity contribution in [3.8, 4) is 67.5 Å². The van der Waals surface area contributed by atoms with Crippen molar-refractivity contribution < 1.29 is 55.7 Å². The van der Waals surface area contributed by atoms with Gasteiger partial charge in [-0.25, -0.2) is 17.6 Å². The fourth-order valence-corrected chi connectivity index (χ4v) is 8.28. The Bertz CT molecular complexity index is 3230. The minimum absolute atomic E-state index is 0.107. The van der Waals surface area contributed by atoms with Gasteiger partial charge in [-0.3, -0.25) is 19.2 Å². The van der Waals surface area contributed by atoms with Crippen LogP contribution in [0.3, 0.4) is 0 Å². The summed E-state index contributed by atoms with van der Waals surface area (Å²) in [5.74, 6) is -2.13. The van der Waals surface area contributed by atoms with Gasteiger partial charge in [0.05, 0.1) is 0 Å². The lowest BCUT2D eigenvalue weighted by Gasteiger charge is -2.08. The molecule has 0 amide bonds. The highest BCUT2D eigenvalue weighted by Gasteiger charge is 2.14. The van der Waals surface area contributed by atoms with E-state index in [0.717, 1.165) is 53.6 Å². The number of carbonyl (C=O) groups is 4. The maximum absolute atomic E-state index is 14.5. The lowest BCUT2D eigenvalue weighted by atomic mass is 10.0. The van der Waals surface area contributed by atoms with E-state index in [4.69, 9.17) is 18.9 Å². The topological polar surface area (TPSA) is 105 Å². The summed E-state index contributed by atoms with van der Waals surface area (Å²) < 4.78 is 76.4. The van der Waals surface area contributed by atoms with Crippen LogP contribution in [0.1, 0.15) is 116 Å². The van der Waals surface area contributed by atoms with E-state index in [1.165, 1.54) is 83.9 Å². The summed E-state index contributed by atoms with van der Waals surface area (Å²) in [4.78, 5) is 48.6. The molecule has 0 spiro atoms. The van der Waals surface area contributed by atoms with Gasteiger partial charge in [-0.2, -0.15) is 0 Å². The maximum Gasteiger partial charge on any atom is 0.311 e. The highest BCUT2D eigenvalue weighted by atomic mass is 19.1. The second-order valence-corrected chi connectivity index (χ2v) is 18.8. The molecule has 8 nitrogen and oxygen atoms in total. The highest BCUT2D eigenvalue weighted by Crippen LogP contribution is 2.30. The van der Waals surface area contributed by atoms with Crippen molar-refractivity contribution in [3.63, 3.8) is 0 Å². The molecule has 0 atom stereocenters. The van der Waals surface area contributed by atoms with Gasteiger partial charge in [0, 0.05) is 48.9 Å². The largest absolute Gasteiger partial charge is 0.427 e. The van der Waals surface area contributed by atoms with E-state index in [1.54, 1.807) is 24.3 Å². The molecule has 82 heavy (non-hydrogen) atoms. The summed E-state index contributed by atoms with van der Waals surface area (Å²) in [5, 5.41) is 0. The molecule has 8 rings (SSSR count). The average Bonchev–Trinajstić information content (AvgIpc) is 3.50. The third-order valence-corrected chi connectivity index (χ3v) is 12.6. The zero-order valence-electron chi connectivity index (χ0n) is 47.6. The predicted molar refractivity (Wildman–Crippen MR) is 317 cm³/mol. The van der Waals surface area contributed by atoms with E-state index in [0.29, 0.717) is 72.3 Å². The molecule has 8 aromatic rings. The molecule has 0 radical (unpaired) electrons. The summed E-state index contributed by atoms with van der Waals surface area (Å²) in [5.41, 5.74) is 8.38. The van der Waals surface area contributed by atoms with Crippen LogP contribution in [0, 0.1) is 37.1 Å². The van der Waals surface area contributed by atoms with Gasteiger partial charge in [-0.1, -0.05) is 162 Å². The molecule has 0 aromatic heterocycles. The molecule has 0 fully saturated rings. The monoisotopic (exact) mass is 1120 g/mol. The number of carbonyl (C=O) groups excluding carboxylic acids is 4. The van der Waals surface area contributed by atoms with Crippen molar-refractivity contribution in [2.24, 2.45) is 0 Å². The molecule has 0 saturated heterocycles. The number of benzene rings is 8. The molecule has 428 valence electrons. The molecule has 0 N–H and O–H groups in total. The summed E-state index contributed by atoms with van der Waals surface area (Å²) in [6.07, 6.45) is 6.63. The molecular formula is C70H72F4O8. The number of unbranched alkanes of at least 4 members (excludes halogenated alkanes) is 6. The zero-order chi connectivity index (χ0) is 59.2. The van der Waals surface area contributed by atoms with Crippen LogP contribution >= 0.6 is 0 Å². The van der Waals surface area contributed by atoms with Crippen LogP contribution in [0.15, 0.2) is 182 Å². The van der Waals surface area contributed by atoms with Crippen molar-refractivity contribution >= 4 is 23.9 Å². The Morgan fingerprint density at radius 2 is 0.524 bits per heavy atom. The first-order chi connectivity index (χ1) is 39.7. The standard InChI is InChI=1S/C34H32F2O4.C32H28F2O4.2C2H6/c1-24-9-11-25(12-10-24)26-15-19-29(20-16-26)39-33(37)7-5-3-2-4-6-8-34(38)40-30-21-22-31(32(36)23-30)27-13-17-28(35)18-14-27;1-22-7-9-23(10-8-22)24-13-17-27(18-14-24)37-31(35)5-3-2-4-6-32(36)38-28-19-20-29(30(34)21-28)25-11-15-26(33)16-12-25;2*1-2/h9-23H,2-8H2,1H3;7-21H,2-6H2,1H3;2*1-2H3. The zero-order valence-corrected chi connectivity index (χ0v) is 47.6. The van der Waals surface area contributed by atoms with E-state index in [2.05, 4.69) is 48.5 Å². The van der Waals surface area contributed by atoms with Gasteiger partial charge in [0.25, 0.3) is 0 Å². The third kappa shape index (κ3) is 21.8. The van der Waals surface area contributed by atoms with Gasteiger partial charge in [-0.15, -0.1) is 0 Å². The fraction of sp³-hybridized carbons (Fsp3) is 0.257. The number of esters is 4. The Labute approximate surface area is 480 Å². The van der Waals surface area contributed by atoms with Crippen molar-refractivity contribution in [1.82, 2.24) is 0 Å². The third-order valence-electron chi connectivity index (χ3n) is 12.6. The molecule has 0 aliphatic rings. The number of aryl methyl sites for hydroxylation is 2. The minimum atomic E-state index is -0.565. The smallest absolute Gasteiger partial charge is 0.311 e. The summed E-state index contributed by atoms with van der Waals surface area (Å²) in [6, 6.07) is 50.7. The molecule has 0 unspecified atom stereocenters. The lowest BCUT2D eigenvalue weighted by molar-refractivity contribution is -0.135. The number of ether oxygens (including phenoxy) is 4. The molecule has 8 aromatic carbocycles. The van der Waals surface area contributed by atoms with Crippen LogP contribution < -0.4 is 18.9 Å². The van der Waals surface area contributed by atoms with Crippen LogP contribution in [0.2, 0.25) is 0 Å². The van der Waals surface area contributed by atoms with Crippen molar-refractivity contribution in [2.45, 2.75) is 119 Å². The van der Waals surface area contributed by atoms with Crippen LogP contribution in [0.4, 0.5) is 17.6 Å². The van der Waals surface area contributed by atoms with E-state index < -0.39 is 35.2 Å². The van der Waals surface area contributed by atoms with Gasteiger partial charge in [0.1, 0.15) is 46.3 Å². The predicted octanol–water partition coefficient (Wildman–Crippen LogP) is 19.0. The van der Waals surface area contributed by atoms with Gasteiger partial charge in [-0.05, 0) is 146 Å². The van der Waals surface area contributed by atoms with Crippen molar-refractivity contribution in [2.75, 3.05) is 0 Å². The molecule has 0 aliphatic heterocycles. The summed E-state index contributed by atoms with van der Waals surface area (Å²) in [7, 11) is 0. The first-order valence-electron chi connectivity index (χ1n) is 28.0. The van der Waals surface area contributed by atoms with Gasteiger partial charge >= 0.3 is 23.9 Å². The Balaban J connectivity index is 0.000000284. The molecular weight excluding hydrogens is 1040 g/mol. The molecule has 0 heterocycles. The number of hydrogen-bond donors (Lipinski definition) is 0. The summed E-state index contributed by atoms with van der Waals surface area (Å²) in [6.45, 7) is 12.1. The van der Waals surface area contributed by atoms with E-state index in [9.17, 15) is 36.7 Å². The van der Waals surface area contributed by atoms with Crippen molar-refractivity contribution in [1.29, 1.82) is 0 Å². The highest BCUT2D eigenvalue weighted by molar-refractivity contribution is 5.76. The average molecular weight is 1120 g/mol. The van der Waals surface area contributed by atoms with Crippen LogP contribution in [-0.2, 0) is 19.2 Å². The van der Waals surface area contributed by atoms with E-state index in [1.807, 2.05) is 65.8 Å². The van der Waals surface area contributed by atoms with E-state index >= 15 is 0 Å². The fourth-order valence-electron chi connectivity index (χ4n) is 8.28. The molecule has 12 heteroatoms. The lowest BCUT2D eigenvalue weighted by Crippen LogP contribution is -2.09. The quantitative estimate of drug-likeness (QED) is 0.0286. The Kier molecular flexibility index (Phi) is 27.0. The Hall–Kier alpha value is -8.64. The van der Waals surface area contributed by atoms with Crippen molar-refractivity contribution in [3.05, 3.63) is 216 Å². The number of hydrogen-bond acceptors (Lipinski definition) is 8. The Morgan fingerprint density at radius 3 is 0.817 bits per heavy atom. The normalized spacial score (nSPS) is 10.4. The number of halogens is 4. The molecule has 0 aliphatic carbocycles. The Morgan fingerprint density at radius 1 is 0.293 bits per heavy atom. The molecule has 0 bridgehead atoms. The van der Waals surface area contributed by atoms with Gasteiger partial charge in [0.2, 0.25) is 0 Å². The second-order valence-electron chi connectivity index (χ2n) is 18.8. The SMILES string of the molecule is CC.CC.Cc1ccc(-c2ccc(OC(=O)CCCCCC(=O)Oc3ccc(-c4ccc(F)cc4)c(F)c3)cc2)cc1.Cc1ccc(-c2ccc(OC(=O)CCCCCCCC(=O)Oc3ccc(-c4ccc(F)cc4)c(F)c3)cc2)cc1. The maximum atomic E-state index is 14.5. The van der Waals surface area contributed by atoms with Crippen LogP contribution in [-0.4, -0.2) is 23.9 Å². The minimum Gasteiger partial charge on any atom is -0.427 e. The number of rotatable bonds is 22. The summed E-state index contributed by atoms with van der Waals surface area (Å²) >= 11 is 0. The molecule has 0 saturated carbocycles. The first kappa shape index (κ1) is 64.2. The van der Waals surface area contributed by atoms with Gasteiger partial charge < -0.3 is 18.9 Å².